The largest absolute Gasteiger partial charge is 0.369 e. The molecule has 2 aliphatic heterocycles. The molecule has 1 aromatic heterocycles. The molecule has 0 spiro atoms. The van der Waals surface area contributed by atoms with Crippen molar-refractivity contribution in [2.75, 3.05) is 29.4 Å². The lowest BCUT2D eigenvalue weighted by Gasteiger charge is -2.23. The number of carbonyl (C=O) groups excluding carboxylic acids is 2. The standard InChI is InChI=1S/C19H20N4O2/c20-17(24)14-7-10-22(12-14)18-15(5-3-9-21-18)19(25)23-11-8-13-4-1-2-6-16(13)23/h1-6,9,14H,7-8,10-12H2,(H2,20,24)/t14-/m1/s1. The van der Waals surface area contributed by atoms with Gasteiger partial charge in [-0.05, 0) is 36.6 Å². The first-order valence-electron chi connectivity index (χ1n) is 8.54. The second-order valence-electron chi connectivity index (χ2n) is 6.54. The minimum absolute atomic E-state index is 0.0458. The van der Waals surface area contributed by atoms with E-state index < -0.39 is 0 Å². The van der Waals surface area contributed by atoms with E-state index in [4.69, 9.17) is 5.73 Å². The van der Waals surface area contributed by atoms with Crippen LogP contribution >= 0.6 is 0 Å². The number of aromatic nitrogens is 1. The van der Waals surface area contributed by atoms with Crippen molar-refractivity contribution in [3.05, 3.63) is 53.7 Å². The number of pyridine rings is 1. The van der Waals surface area contributed by atoms with Crippen molar-refractivity contribution in [2.45, 2.75) is 12.8 Å². The monoisotopic (exact) mass is 336 g/mol. The molecule has 1 atom stereocenters. The molecule has 2 N–H and O–H groups in total. The van der Waals surface area contributed by atoms with Gasteiger partial charge in [-0.1, -0.05) is 18.2 Å². The van der Waals surface area contributed by atoms with Gasteiger partial charge >= 0.3 is 0 Å². The van der Waals surface area contributed by atoms with Gasteiger partial charge in [-0.25, -0.2) is 4.98 Å². The minimum Gasteiger partial charge on any atom is -0.369 e. The summed E-state index contributed by atoms with van der Waals surface area (Å²) in [5.41, 5.74) is 8.16. The highest BCUT2D eigenvalue weighted by Gasteiger charge is 2.32. The van der Waals surface area contributed by atoms with Crippen molar-refractivity contribution < 1.29 is 9.59 Å². The van der Waals surface area contributed by atoms with Crippen molar-refractivity contribution in [3.8, 4) is 0 Å². The van der Waals surface area contributed by atoms with Gasteiger partial charge in [0.1, 0.15) is 5.82 Å². The van der Waals surface area contributed by atoms with E-state index in [1.807, 2.05) is 34.1 Å². The fraction of sp³-hybridized carbons (Fsp3) is 0.316. The summed E-state index contributed by atoms with van der Waals surface area (Å²) < 4.78 is 0. The predicted molar refractivity (Wildman–Crippen MR) is 95.6 cm³/mol. The molecule has 3 heterocycles. The van der Waals surface area contributed by atoms with Gasteiger partial charge in [-0.2, -0.15) is 0 Å². The van der Waals surface area contributed by atoms with Crippen LogP contribution in [0.15, 0.2) is 42.6 Å². The molecule has 1 saturated heterocycles. The van der Waals surface area contributed by atoms with Gasteiger partial charge < -0.3 is 15.5 Å². The maximum atomic E-state index is 13.2. The van der Waals surface area contributed by atoms with Crippen LogP contribution < -0.4 is 15.5 Å². The fourth-order valence-corrected chi connectivity index (χ4v) is 3.70. The first kappa shape index (κ1) is 15.6. The van der Waals surface area contributed by atoms with Crippen LogP contribution in [0.5, 0.6) is 0 Å². The highest BCUT2D eigenvalue weighted by atomic mass is 16.2. The minimum atomic E-state index is -0.292. The van der Waals surface area contributed by atoms with E-state index in [9.17, 15) is 9.59 Å². The van der Waals surface area contributed by atoms with Gasteiger partial charge in [-0.15, -0.1) is 0 Å². The molecule has 2 amide bonds. The van der Waals surface area contributed by atoms with E-state index >= 15 is 0 Å². The zero-order valence-corrected chi connectivity index (χ0v) is 13.9. The number of anilines is 2. The molecule has 0 unspecified atom stereocenters. The van der Waals surface area contributed by atoms with Crippen LogP contribution in [0.25, 0.3) is 0 Å². The average molecular weight is 336 g/mol. The number of nitrogens with zero attached hydrogens (tertiary/aromatic N) is 3. The smallest absolute Gasteiger partial charge is 0.262 e. The van der Waals surface area contributed by atoms with Crippen LogP contribution in [-0.4, -0.2) is 36.4 Å². The summed E-state index contributed by atoms with van der Waals surface area (Å²) in [6, 6.07) is 11.6. The molecule has 1 aromatic carbocycles. The van der Waals surface area contributed by atoms with E-state index in [-0.39, 0.29) is 17.7 Å². The zero-order chi connectivity index (χ0) is 17.4. The molecule has 25 heavy (non-hydrogen) atoms. The quantitative estimate of drug-likeness (QED) is 0.923. The Bertz CT molecular complexity index is 836. The number of fused-ring (bicyclic) bond motifs is 1. The number of nitrogens with two attached hydrogens (primary N) is 1. The Labute approximate surface area is 146 Å². The third kappa shape index (κ3) is 2.73. The second kappa shape index (κ2) is 6.20. The maximum Gasteiger partial charge on any atom is 0.262 e. The summed E-state index contributed by atoms with van der Waals surface area (Å²) in [5, 5.41) is 0. The van der Waals surface area contributed by atoms with Crippen molar-refractivity contribution in [3.63, 3.8) is 0 Å². The molecule has 4 rings (SSSR count). The Balaban J connectivity index is 1.64. The van der Waals surface area contributed by atoms with Gasteiger partial charge in [0, 0.05) is 31.5 Å². The van der Waals surface area contributed by atoms with Crippen molar-refractivity contribution >= 4 is 23.3 Å². The summed E-state index contributed by atoms with van der Waals surface area (Å²) in [6.45, 7) is 1.88. The number of rotatable bonds is 3. The molecule has 0 saturated carbocycles. The number of amides is 2. The van der Waals surface area contributed by atoms with Crippen LogP contribution in [-0.2, 0) is 11.2 Å². The fourth-order valence-electron chi connectivity index (χ4n) is 3.70. The second-order valence-corrected chi connectivity index (χ2v) is 6.54. The average Bonchev–Trinajstić information content (AvgIpc) is 3.28. The molecule has 6 heteroatoms. The molecule has 2 aliphatic rings. The lowest BCUT2D eigenvalue weighted by molar-refractivity contribution is -0.121. The molecule has 0 bridgehead atoms. The first-order valence-corrected chi connectivity index (χ1v) is 8.54. The third-order valence-corrected chi connectivity index (χ3v) is 5.04. The molecule has 1 fully saturated rings. The molecule has 2 aromatic rings. The van der Waals surface area contributed by atoms with Gasteiger partial charge in [0.15, 0.2) is 0 Å². The maximum absolute atomic E-state index is 13.2. The van der Waals surface area contributed by atoms with Crippen LogP contribution in [0.3, 0.4) is 0 Å². The number of primary amides is 1. The molecular formula is C19H20N4O2. The number of carbonyl (C=O) groups is 2. The number of para-hydroxylation sites is 1. The molecule has 0 aliphatic carbocycles. The van der Waals surface area contributed by atoms with Gasteiger partial charge in [0.05, 0.1) is 11.5 Å². The van der Waals surface area contributed by atoms with Gasteiger partial charge in [0.25, 0.3) is 5.91 Å². The number of hydrogen-bond donors (Lipinski definition) is 1. The van der Waals surface area contributed by atoms with E-state index in [1.165, 1.54) is 5.56 Å². The summed E-state index contributed by atoms with van der Waals surface area (Å²) >= 11 is 0. The Kier molecular flexibility index (Phi) is 3.87. The topological polar surface area (TPSA) is 79.5 Å². The van der Waals surface area contributed by atoms with E-state index in [1.54, 1.807) is 12.3 Å². The molecular weight excluding hydrogens is 316 g/mol. The van der Waals surface area contributed by atoms with E-state index in [0.717, 1.165) is 12.1 Å². The molecule has 6 nitrogen and oxygen atoms in total. The predicted octanol–water partition coefficient (Wildman–Crippen LogP) is 1.60. The van der Waals surface area contributed by atoms with Crippen molar-refractivity contribution in [1.29, 1.82) is 0 Å². The van der Waals surface area contributed by atoms with Crippen LogP contribution in [0.1, 0.15) is 22.3 Å². The normalized spacial score (nSPS) is 19.1. The lowest BCUT2D eigenvalue weighted by atomic mass is 10.1. The van der Waals surface area contributed by atoms with Crippen LogP contribution in [0, 0.1) is 5.92 Å². The first-order chi connectivity index (χ1) is 12.1. The SMILES string of the molecule is NC(=O)[C@@H]1CCN(c2ncccc2C(=O)N2CCc3ccccc32)C1. The van der Waals surface area contributed by atoms with Gasteiger partial charge in [0.2, 0.25) is 5.91 Å². The Hall–Kier alpha value is -2.89. The third-order valence-electron chi connectivity index (χ3n) is 5.04. The lowest BCUT2D eigenvalue weighted by Crippen LogP contribution is -2.32. The highest BCUT2D eigenvalue weighted by molar-refractivity contribution is 6.10. The summed E-state index contributed by atoms with van der Waals surface area (Å²) in [6.07, 6.45) is 3.25. The Morgan fingerprint density at radius 3 is 2.76 bits per heavy atom. The summed E-state index contributed by atoms with van der Waals surface area (Å²) in [7, 11) is 0. The summed E-state index contributed by atoms with van der Waals surface area (Å²) in [5.74, 6) is 0.119. The summed E-state index contributed by atoms with van der Waals surface area (Å²) in [4.78, 5) is 32.9. The van der Waals surface area contributed by atoms with E-state index in [0.29, 0.717) is 37.4 Å². The van der Waals surface area contributed by atoms with Crippen LogP contribution in [0.4, 0.5) is 11.5 Å². The van der Waals surface area contributed by atoms with E-state index in [2.05, 4.69) is 11.1 Å². The highest BCUT2D eigenvalue weighted by Crippen LogP contribution is 2.31. The molecule has 0 radical (unpaired) electrons. The Morgan fingerprint density at radius 2 is 1.96 bits per heavy atom. The van der Waals surface area contributed by atoms with Gasteiger partial charge in [-0.3, -0.25) is 9.59 Å². The Morgan fingerprint density at radius 1 is 1.12 bits per heavy atom. The number of hydrogen-bond acceptors (Lipinski definition) is 4. The van der Waals surface area contributed by atoms with Crippen molar-refractivity contribution in [2.24, 2.45) is 11.7 Å². The van der Waals surface area contributed by atoms with Crippen LogP contribution in [0.2, 0.25) is 0 Å². The zero-order valence-electron chi connectivity index (χ0n) is 13.9. The van der Waals surface area contributed by atoms with Crippen molar-refractivity contribution in [1.82, 2.24) is 4.98 Å². The number of benzene rings is 1. The molecule has 128 valence electrons.